The zero-order chi connectivity index (χ0) is 16.7. The number of nitrogens with one attached hydrogen (secondary N) is 1. The number of nitrogens with two attached hydrogens (primary N) is 1. The van der Waals surface area contributed by atoms with Crippen molar-refractivity contribution in [2.45, 2.75) is 38.1 Å². The monoisotopic (exact) mass is 317 g/mol. The minimum atomic E-state index is -0.0275. The van der Waals surface area contributed by atoms with Gasteiger partial charge in [0, 0.05) is 26.1 Å². The molecule has 0 radical (unpaired) electrons. The number of unbranched alkanes of at least 4 members (excludes halogenated alkanes) is 1. The van der Waals surface area contributed by atoms with Crippen molar-refractivity contribution in [3.8, 4) is 0 Å². The SMILES string of the molecule is C=C(O)CC1CCN(C(=O)NCCCCN)Cc2ccccc21. The second-order valence-electron chi connectivity index (χ2n) is 6.10. The van der Waals surface area contributed by atoms with E-state index in [4.69, 9.17) is 5.73 Å². The van der Waals surface area contributed by atoms with Crippen molar-refractivity contribution in [3.05, 3.63) is 47.7 Å². The number of rotatable bonds is 6. The van der Waals surface area contributed by atoms with Gasteiger partial charge < -0.3 is 21.1 Å². The Balaban J connectivity index is 2.04. The Morgan fingerprint density at radius 2 is 2.17 bits per heavy atom. The zero-order valence-corrected chi connectivity index (χ0v) is 13.6. The third kappa shape index (κ3) is 4.99. The van der Waals surface area contributed by atoms with E-state index in [9.17, 15) is 9.90 Å². The van der Waals surface area contributed by atoms with Crippen molar-refractivity contribution >= 4 is 6.03 Å². The van der Waals surface area contributed by atoms with Gasteiger partial charge in [-0.1, -0.05) is 30.8 Å². The number of aliphatic hydroxyl groups is 1. The second-order valence-corrected chi connectivity index (χ2v) is 6.10. The van der Waals surface area contributed by atoms with Crippen molar-refractivity contribution in [2.75, 3.05) is 19.6 Å². The number of aliphatic hydroxyl groups excluding tert-OH is 1. The van der Waals surface area contributed by atoms with Crippen LogP contribution in [0.5, 0.6) is 0 Å². The molecule has 2 rings (SSSR count). The number of carbonyl (C=O) groups is 1. The van der Waals surface area contributed by atoms with Gasteiger partial charge in [0.25, 0.3) is 0 Å². The Hall–Kier alpha value is -2.01. The van der Waals surface area contributed by atoms with Crippen LogP contribution in [0.1, 0.15) is 42.7 Å². The highest BCUT2D eigenvalue weighted by atomic mass is 16.3. The first-order valence-electron chi connectivity index (χ1n) is 8.29. The van der Waals surface area contributed by atoms with Gasteiger partial charge in [-0.3, -0.25) is 0 Å². The number of hydrogen-bond acceptors (Lipinski definition) is 3. The Labute approximate surface area is 138 Å². The van der Waals surface area contributed by atoms with Crippen molar-refractivity contribution < 1.29 is 9.90 Å². The highest BCUT2D eigenvalue weighted by Crippen LogP contribution is 2.32. The van der Waals surface area contributed by atoms with Crippen LogP contribution in [-0.4, -0.2) is 35.7 Å². The fraction of sp³-hybridized carbons (Fsp3) is 0.500. The van der Waals surface area contributed by atoms with E-state index in [-0.39, 0.29) is 17.7 Å². The third-order valence-electron chi connectivity index (χ3n) is 4.28. The lowest BCUT2D eigenvalue weighted by Gasteiger charge is -2.21. The molecular weight excluding hydrogens is 290 g/mol. The predicted octanol–water partition coefficient (Wildman–Crippen LogP) is 2.89. The maximum Gasteiger partial charge on any atom is 0.317 e. The Kier molecular flexibility index (Phi) is 6.47. The van der Waals surface area contributed by atoms with E-state index in [1.807, 2.05) is 17.0 Å². The van der Waals surface area contributed by atoms with Crippen LogP contribution in [0.3, 0.4) is 0 Å². The number of carbonyl (C=O) groups excluding carboxylic acids is 1. The average Bonchev–Trinajstić information content (AvgIpc) is 2.71. The van der Waals surface area contributed by atoms with Crippen molar-refractivity contribution in [1.82, 2.24) is 10.2 Å². The molecule has 0 saturated heterocycles. The number of allylic oxidation sites excluding steroid dienone is 1. The summed E-state index contributed by atoms with van der Waals surface area (Å²) in [4.78, 5) is 14.2. The summed E-state index contributed by atoms with van der Waals surface area (Å²) in [6.45, 7) is 6.21. The van der Waals surface area contributed by atoms with Gasteiger partial charge in [-0.05, 0) is 42.9 Å². The van der Waals surface area contributed by atoms with E-state index >= 15 is 0 Å². The smallest absolute Gasteiger partial charge is 0.317 e. The molecule has 0 saturated carbocycles. The number of nitrogens with zero attached hydrogens (tertiary/aromatic N) is 1. The van der Waals surface area contributed by atoms with Gasteiger partial charge in [0.15, 0.2) is 0 Å². The second kappa shape index (κ2) is 8.58. The maximum atomic E-state index is 12.4. The first-order chi connectivity index (χ1) is 11.1. The van der Waals surface area contributed by atoms with E-state index in [1.165, 1.54) is 5.56 Å². The molecule has 0 bridgehead atoms. The van der Waals surface area contributed by atoms with E-state index < -0.39 is 0 Å². The summed E-state index contributed by atoms with van der Waals surface area (Å²) >= 11 is 0. The first-order valence-corrected chi connectivity index (χ1v) is 8.29. The third-order valence-corrected chi connectivity index (χ3v) is 4.28. The topological polar surface area (TPSA) is 78.6 Å². The quantitative estimate of drug-likeness (QED) is 0.557. The molecule has 126 valence electrons. The van der Waals surface area contributed by atoms with E-state index in [1.54, 1.807) is 0 Å². The van der Waals surface area contributed by atoms with Gasteiger partial charge >= 0.3 is 6.03 Å². The number of benzene rings is 1. The Bertz CT molecular complexity index is 545. The molecule has 4 N–H and O–H groups in total. The fourth-order valence-corrected chi connectivity index (χ4v) is 3.07. The predicted molar refractivity (Wildman–Crippen MR) is 92.3 cm³/mol. The van der Waals surface area contributed by atoms with E-state index in [0.717, 1.165) is 24.8 Å². The molecule has 2 amide bonds. The van der Waals surface area contributed by atoms with E-state index in [2.05, 4.69) is 24.0 Å². The molecule has 5 nitrogen and oxygen atoms in total. The molecule has 5 heteroatoms. The first kappa shape index (κ1) is 17.3. The highest BCUT2D eigenvalue weighted by molar-refractivity contribution is 5.74. The van der Waals surface area contributed by atoms with Crippen LogP contribution in [0.25, 0.3) is 0 Å². The molecule has 0 spiro atoms. The highest BCUT2D eigenvalue weighted by Gasteiger charge is 2.25. The lowest BCUT2D eigenvalue weighted by molar-refractivity contribution is 0.194. The van der Waals surface area contributed by atoms with Crippen LogP contribution in [0.4, 0.5) is 4.79 Å². The van der Waals surface area contributed by atoms with Gasteiger partial charge in [-0.15, -0.1) is 0 Å². The minimum Gasteiger partial charge on any atom is -0.513 e. The molecule has 0 aromatic heterocycles. The molecule has 1 aromatic carbocycles. The molecule has 0 fully saturated rings. The van der Waals surface area contributed by atoms with Crippen LogP contribution < -0.4 is 11.1 Å². The molecule has 1 heterocycles. The van der Waals surface area contributed by atoms with Crippen LogP contribution in [-0.2, 0) is 6.54 Å². The van der Waals surface area contributed by atoms with Gasteiger partial charge in [-0.25, -0.2) is 4.79 Å². The minimum absolute atomic E-state index is 0.0275. The summed E-state index contributed by atoms with van der Waals surface area (Å²) < 4.78 is 0. The van der Waals surface area contributed by atoms with Gasteiger partial charge in [-0.2, -0.15) is 0 Å². The summed E-state index contributed by atoms with van der Waals surface area (Å²) in [6.07, 6.45) is 3.19. The largest absolute Gasteiger partial charge is 0.513 e. The van der Waals surface area contributed by atoms with Crippen LogP contribution in [0.15, 0.2) is 36.6 Å². The fourth-order valence-electron chi connectivity index (χ4n) is 3.07. The molecule has 1 atom stereocenters. The number of urea groups is 1. The molecule has 0 aliphatic carbocycles. The van der Waals surface area contributed by atoms with Crippen molar-refractivity contribution in [2.24, 2.45) is 5.73 Å². The standard InChI is InChI=1S/C18H27N3O2/c1-14(22)12-15-8-11-21(18(23)20-10-5-4-9-19)13-16-6-2-3-7-17(15)16/h2-3,6-7,15,22H,1,4-5,8-13,19H2,(H,20,23). The maximum absolute atomic E-state index is 12.4. The molecule has 23 heavy (non-hydrogen) atoms. The van der Waals surface area contributed by atoms with Crippen molar-refractivity contribution in [3.63, 3.8) is 0 Å². The van der Waals surface area contributed by atoms with Gasteiger partial charge in [0.05, 0.1) is 5.76 Å². The molecule has 1 unspecified atom stereocenters. The lowest BCUT2D eigenvalue weighted by Crippen LogP contribution is -2.40. The van der Waals surface area contributed by atoms with Gasteiger partial charge in [0.1, 0.15) is 0 Å². The van der Waals surface area contributed by atoms with E-state index in [0.29, 0.717) is 32.6 Å². The normalized spacial score (nSPS) is 17.3. The number of amides is 2. The van der Waals surface area contributed by atoms with Crippen LogP contribution in [0, 0.1) is 0 Å². The van der Waals surface area contributed by atoms with Crippen LogP contribution >= 0.6 is 0 Å². The summed E-state index contributed by atoms with van der Waals surface area (Å²) in [5.74, 6) is 0.406. The average molecular weight is 317 g/mol. The molecule has 1 aromatic rings. The Morgan fingerprint density at radius 3 is 2.91 bits per heavy atom. The summed E-state index contributed by atoms with van der Waals surface area (Å²) in [6, 6.07) is 8.12. The molecule has 1 aliphatic rings. The summed E-state index contributed by atoms with van der Waals surface area (Å²) in [7, 11) is 0. The Morgan fingerprint density at radius 1 is 1.39 bits per heavy atom. The molecule has 1 aliphatic heterocycles. The summed E-state index contributed by atoms with van der Waals surface area (Å²) in [5.41, 5.74) is 7.82. The zero-order valence-electron chi connectivity index (χ0n) is 13.6. The van der Waals surface area contributed by atoms with Crippen LogP contribution in [0.2, 0.25) is 0 Å². The van der Waals surface area contributed by atoms with Gasteiger partial charge in [0.2, 0.25) is 0 Å². The summed E-state index contributed by atoms with van der Waals surface area (Å²) in [5, 5.41) is 12.5. The number of fused-ring (bicyclic) bond motifs is 1. The van der Waals surface area contributed by atoms with Crippen molar-refractivity contribution in [1.29, 1.82) is 0 Å². The number of hydrogen-bond donors (Lipinski definition) is 3. The lowest BCUT2D eigenvalue weighted by atomic mass is 9.89. The molecular formula is C18H27N3O2.